The highest BCUT2D eigenvalue weighted by atomic mass is 15.4. The molecule has 0 radical (unpaired) electrons. The van der Waals surface area contributed by atoms with Gasteiger partial charge in [0.15, 0.2) is 0 Å². The molecule has 0 amide bonds. The van der Waals surface area contributed by atoms with Gasteiger partial charge in [0.2, 0.25) is 0 Å². The molecule has 12 rings (SSSR count). The monoisotopic (exact) mass is 895 g/mol. The fourth-order valence-electron chi connectivity index (χ4n) is 11.4. The second-order valence-electron chi connectivity index (χ2n) is 19.1. The summed E-state index contributed by atoms with van der Waals surface area (Å²) in [5, 5.41) is 14.4. The van der Waals surface area contributed by atoms with Crippen LogP contribution in [0, 0.1) is 18.8 Å². The van der Waals surface area contributed by atoms with Crippen molar-refractivity contribution < 1.29 is 0 Å². The van der Waals surface area contributed by atoms with Crippen LogP contribution in [0.5, 0.6) is 0 Å². The van der Waals surface area contributed by atoms with Crippen LogP contribution in [0.2, 0.25) is 0 Å². The molecule has 1 aliphatic heterocycles. The van der Waals surface area contributed by atoms with Crippen LogP contribution in [0.1, 0.15) is 60.8 Å². The predicted octanol–water partition coefficient (Wildman–Crippen LogP) is 14.6. The van der Waals surface area contributed by atoms with Crippen LogP contribution in [0.25, 0.3) is 55.3 Å². The van der Waals surface area contributed by atoms with E-state index >= 15 is 0 Å². The van der Waals surface area contributed by atoms with Crippen LogP contribution in [0.4, 0.5) is 5.69 Å². The van der Waals surface area contributed by atoms with Crippen molar-refractivity contribution in [3.63, 3.8) is 0 Å². The standard InChI is InChI=1S/C64H57N5/c1-41-18-9-11-29-51(41)60-53(42(2)52-32-17-24-45-23-10-12-30-54(45)52)35-36-56-55-31-13-14-33-58(55)69(61(56)60)59-37-34-50(40-57(59)65)64-67-62(48-27-15-25-46(38-48)43-19-5-3-6-20-43)66-63(68-64)49-28-16-26-47(39-49)44-21-7-4-8-22-44/h3-15,17-21,23-27,29-40,44,54,62-64,66-68H,16,22,28,65H2,1-2H3. The Morgan fingerprint density at radius 1 is 0.652 bits per heavy atom. The molecule has 2 heterocycles. The number of allylic oxidation sites excluding steroid dienone is 17. The Labute approximate surface area is 405 Å². The number of anilines is 1. The van der Waals surface area contributed by atoms with Crippen LogP contribution in [0.15, 0.2) is 235 Å². The van der Waals surface area contributed by atoms with Crippen molar-refractivity contribution in [2.75, 3.05) is 5.73 Å². The lowest BCUT2D eigenvalue weighted by atomic mass is 9.79. The molecule has 1 saturated heterocycles. The summed E-state index contributed by atoms with van der Waals surface area (Å²) >= 11 is 0. The number of nitrogen functional groups attached to an aromatic ring is 1. The van der Waals surface area contributed by atoms with E-state index < -0.39 is 0 Å². The first-order chi connectivity index (χ1) is 34.0. The number of nitrogens with one attached hydrogen (secondary N) is 3. The molecule has 69 heavy (non-hydrogen) atoms. The molecule has 5 aliphatic rings. The van der Waals surface area contributed by atoms with Gasteiger partial charge in [-0.1, -0.05) is 188 Å². The average molecular weight is 896 g/mol. The van der Waals surface area contributed by atoms with E-state index in [1.54, 1.807) is 0 Å². The second-order valence-corrected chi connectivity index (χ2v) is 19.1. The van der Waals surface area contributed by atoms with Crippen molar-refractivity contribution in [2.45, 2.75) is 51.6 Å². The lowest BCUT2D eigenvalue weighted by molar-refractivity contribution is 0.219. The number of hydrogen-bond acceptors (Lipinski definition) is 4. The molecule has 5 N–H and O–H groups in total. The van der Waals surface area contributed by atoms with Gasteiger partial charge < -0.3 is 10.3 Å². The van der Waals surface area contributed by atoms with Gasteiger partial charge in [0.1, 0.15) is 0 Å². The second kappa shape index (κ2) is 18.2. The largest absolute Gasteiger partial charge is 0.397 e. The zero-order chi connectivity index (χ0) is 46.4. The first-order valence-electron chi connectivity index (χ1n) is 24.6. The Balaban J connectivity index is 0.984. The molecule has 5 atom stereocenters. The van der Waals surface area contributed by atoms with Gasteiger partial charge in [-0.3, -0.25) is 16.0 Å². The van der Waals surface area contributed by atoms with Crippen LogP contribution in [-0.2, 0) is 0 Å². The van der Waals surface area contributed by atoms with Gasteiger partial charge in [-0.05, 0) is 124 Å². The number of aromatic nitrogens is 1. The summed E-state index contributed by atoms with van der Waals surface area (Å²) in [5.74, 6) is 0.607. The Bertz CT molecular complexity index is 3460. The van der Waals surface area contributed by atoms with Gasteiger partial charge in [-0.25, -0.2) is 0 Å². The van der Waals surface area contributed by atoms with E-state index in [2.05, 4.69) is 247 Å². The molecular weight excluding hydrogens is 839 g/mol. The smallest absolute Gasteiger partial charge is 0.0865 e. The average Bonchev–Trinajstić information content (AvgIpc) is 3.75. The molecular formula is C64H57N5. The lowest BCUT2D eigenvalue weighted by Crippen LogP contribution is -2.59. The van der Waals surface area contributed by atoms with Gasteiger partial charge in [0, 0.05) is 28.2 Å². The van der Waals surface area contributed by atoms with Crippen molar-refractivity contribution in [2.24, 2.45) is 11.8 Å². The highest BCUT2D eigenvalue weighted by Crippen LogP contribution is 2.46. The fourth-order valence-corrected chi connectivity index (χ4v) is 11.4. The molecule has 0 spiro atoms. The molecule has 5 heteroatoms. The number of aryl methyl sites for hydroxylation is 1. The quantitative estimate of drug-likeness (QED) is 0.115. The van der Waals surface area contributed by atoms with Crippen LogP contribution < -0.4 is 21.7 Å². The van der Waals surface area contributed by atoms with Crippen LogP contribution >= 0.6 is 0 Å². The predicted molar refractivity (Wildman–Crippen MR) is 289 cm³/mol. The van der Waals surface area contributed by atoms with E-state index in [-0.39, 0.29) is 24.4 Å². The zero-order valence-corrected chi connectivity index (χ0v) is 39.2. The normalized spacial score (nSPS) is 22.6. The highest BCUT2D eigenvalue weighted by Gasteiger charge is 2.33. The maximum absolute atomic E-state index is 7.45. The molecule has 7 aromatic rings. The Morgan fingerprint density at radius 2 is 1.43 bits per heavy atom. The minimum atomic E-state index is -0.196. The minimum Gasteiger partial charge on any atom is -0.397 e. The summed E-state index contributed by atoms with van der Waals surface area (Å²) < 4.78 is 2.43. The van der Waals surface area contributed by atoms with Gasteiger partial charge in [0.05, 0.1) is 40.9 Å². The molecule has 1 aromatic heterocycles. The maximum atomic E-state index is 7.45. The van der Waals surface area contributed by atoms with E-state index in [1.165, 1.54) is 77.6 Å². The molecule has 338 valence electrons. The lowest BCUT2D eigenvalue weighted by Gasteiger charge is -2.41. The number of fused-ring (bicyclic) bond motifs is 4. The maximum Gasteiger partial charge on any atom is 0.0865 e. The summed E-state index contributed by atoms with van der Waals surface area (Å²) in [4.78, 5) is 0. The Hall–Kier alpha value is -7.54. The van der Waals surface area contributed by atoms with Crippen molar-refractivity contribution >= 4 is 33.1 Å². The zero-order valence-electron chi connectivity index (χ0n) is 39.2. The third-order valence-corrected chi connectivity index (χ3v) is 14.9. The first-order valence-corrected chi connectivity index (χ1v) is 24.6. The highest BCUT2D eigenvalue weighted by molar-refractivity contribution is 6.16. The van der Waals surface area contributed by atoms with E-state index in [4.69, 9.17) is 5.73 Å². The van der Waals surface area contributed by atoms with Crippen LogP contribution in [0.3, 0.4) is 0 Å². The SMILES string of the molecule is CC(=C1C=CC=C2C=CC=CC21)c1ccc2c3ccccc3n(-c3ccc(C4NC(C5=CC(C6C=CC=CC6)=CCC5)NC(c5cccc(-c6ccccc6)c5)N4)cc3N)c2c1-c1ccccc1C. The molecule has 0 saturated carbocycles. The van der Waals surface area contributed by atoms with Crippen molar-refractivity contribution in [3.8, 4) is 27.9 Å². The third kappa shape index (κ3) is 7.93. The third-order valence-electron chi connectivity index (χ3n) is 14.9. The van der Waals surface area contributed by atoms with E-state index in [0.717, 1.165) is 47.2 Å². The molecule has 4 aliphatic carbocycles. The summed E-state index contributed by atoms with van der Waals surface area (Å²) in [5.41, 5.74) is 27.7. The van der Waals surface area contributed by atoms with E-state index in [0.29, 0.717) is 5.92 Å². The van der Waals surface area contributed by atoms with E-state index in [1.807, 2.05) is 0 Å². The molecule has 5 unspecified atom stereocenters. The summed E-state index contributed by atoms with van der Waals surface area (Å²) in [6.07, 6.45) is 32.1. The number of nitrogens with two attached hydrogens (primary N) is 1. The first kappa shape index (κ1) is 42.8. The Kier molecular flexibility index (Phi) is 11.3. The number of para-hydroxylation sites is 1. The number of rotatable bonds is 8. The number of hydrogen-bond donors (Lipinski definition) is 4. The van der Waals surface area contributed by atoms with Gasteiger partial charge in [0.25, 0.3) is 0 Å². The molecule has 1 fully saturated rings. The van der Waals surface area contributed by atoms with Crippen molar-refractivity contribution in [3.05, 3.63) is 257 Å². The number of nitrogens with zero attached hydrogens (tertiary/aromatic N) is 1. The molecule has 6 aromatic carbocycles. The van der Waals surface area contributed by atoms with Gasteiger partial charge in [-0.15, -0.1) is 0 Å². The summed E-state index contributed by atoms with van der Waals surface area (Å²) in [6, 6.07) is 48.6. The van der Waals surface area contributed by atoms with Gasteiger partial charge in [-0.2, -0.15) is 0 Å². The summed E-state index contributed by atoms with van der Waals surface area (Å²) in [6.45, 7) is 4.53. The van der Waals surface area contributed by atoms with Gasteiger partial charge >= 0.3 is 0 Å². The van der Waals surface area contributed by atoms with E-state index in [9.17, 15) is 0 Å². The molecule has 0 bridgehead atoms. The Morgan fingerprint density at radius 3 is 2.28 bits per heavy atom. The van der Waals surface area contributed by atoms with Crippen molar-refractivity contribution in [1.82, 2.24) is 20.5 Å². The minimum absolute atomic E-state index is 0.0650. The topological polar surface area (TPSA) is 67.0 Å². The summed E-state index contributed by atoms with van der Waals surface area (Å²) in [7, 11) is 0. The van der Waals surface area contributed by atoms with Crippen molar-refractivity contribution in [1.29, 1.82) is 0 Å². The number of benzene rings is 6. The fraction of sp³-hybridized carbons (Fsp3) is 0.156. The van der Waals surface area contributed by atoms with Crippen LogP contribution in [-0.4, -0.2) is 10.7 Å². The molecule has 5 nitrogen and oxygen atoms in total.